The number of amides is 2. The number of anilines is 1. The van der Waals surface area contributed by atoms with E-state index in [4.69, 9.17) is 26.9 Å². The van der Waals surface area contributed by atoms with Crippen LogP contribution in [-0.4, -0.2) is 61.2 Å². The van der Waals surface area contributed by atoms with Crippen LogP contribution >= 0.6 is 11.8 Å². The number of rotatable bonds is 17. The Morgan fingerprint density at radius 2 is 1.80 bits per heavy atom. The summed E-state index contributed by atoms with van der Waals surface area (Å²) in [5.74, 6) is 5.42. The highest BCUT2D eigenvalue weighted by molar-refractivity contribution is 7.99. The molecule has 0 aliphatic heterocycles. The van der Waals surface area contributed by atoms with Crippen LogP contribution in [0, 0.1) is 6.92 Å². The van der Waals surface area contributed by atoms with Crippen molar-refractivity contribution in [3.8, 4) is 5.75 Å². The number of benzene rings is 3. The Morgan fingerprint density at radius 3 is 2.54 bits per heavy atom. The van der Waals surface area contributed by atoms with Gasteiger partial charge in [0.05, 0.1) is 13.2 Å². The van der Waals surface area contributed by atoms with Crippen molar-refractivity contribution in [2.45, 2.75) is 61.0 Å². The molecule has 3 aromatic carbocycles. The van der Waals surface area contributed by atoms with Crippen molar-refractivity contribution in [2.24, 2.45) is 11.6 Å². The van der Waals surface area contributed by atoms with Crippen LogP contribution < -0.4 is 32.7 Å². The molecule has 9 N–H and O–H groups in total. The zero-order valence-corrected chi connectivity index (χ0v) is 27.5. The number of aryl methyl sites for hydroxylation is 1. The van der Waals surface area contributed by atoms with Gasteiger partial charge in [-0.3, -0.25) is 19.7 Å². The number of hydrogen-bond acceptors (Lipinski definition) is 9. The number of aromatic amines is 1. The predicted octanol–water partition coefficient (Wildman–Crippen LogP) is 3.84. The van der Waals surface area contributed by atoms with E-state index in [1.54, 1.807) is 14.2 Å². The summed E-state index contributed by atoms with van der Waals surface area (Å²) in [6.45, 7) is 2.72. The van der Waals surface area contributed by atoms with E-state index >= 15 is 0 Å². The van der Waals surface area contributed by atoms with E-state index in [0.717, 1.165) is 50.4 Å². The standard InChI is InChI=1S/C34H45N7O4S/c1-22-26(25-10-4-6-12-28(25)40-22)19-30(41(2)34(43)29(39-21-45-37)13-8-9-17-35)33(42)38-20-23-18-24(44-3)15-16-31(23)46-32-14-7-5-11-27(32)36/h4-7,10-12,14-16,18,29-30,39-40H,8-9,13,17,19-21,35-37H2,1-3H3,(H,38,42)/t29-,30-/m0/s1. The molecule has 12 heteroatoms. The highest BCUT2D eigenvalue weighted by Crippen LogP contribution is 2.35. The van der Waals surface area contributed by atoms with E-state index in [0.29, 0.717) is 30.8 Å². The number of carbonyl (C=O) groups excluding carboxylic acids is 2. The minimum Gasteiger partial charge on any atom is -0.497 e. The van der Waals surface area contributed by atoms with Gasteiger partial charge in [-0.15, -0.1) is 0 Å². The van der Waals surface area contributed by atoms with Gasteiger partial charge in [-0.1, -0.05) is 48.5 Å². The minimum atomic E-state index is -0.811. The van der Waals surface area contributed by atoms with Crippen molar-refractivity contribution in [2.75, 3.05) is 33.2 Å². The van der Waals surface area contributed by atoms with Gasteiger partial charge in [0.25, 0.3) is 0 Å². The lowest BCUT2D eigenvalue weighted by Crippen LogP contribution is -2.54. The second-order valence-electron chi connectivity index (χ2n) is 11.1. The molecule has 46 heavy (non-hydrogen) atoms. The first kappa shape index (κ1) is 34.8. The maximum absolute atomic E-state index is 14.2. The van der Waals surface area contributed by atoms with E-state index in [1.165, 1.54) is 16.7 Å². The van der Waals surface area contributed by atoms with Crippen LogP contribution in [0.3, 0.4) is 0 Å². The highest BCUT2D eigenvalue weighted by Gasteiger charge is 2.32. The van der Waals surface area contributed by atoms with Gasteiger partial charge in [0, 0.05) is 52.1 Å². The molecule has 0 bridgehead atoms. The molecule has 2 amide bonds. The van der Waals surface area contributed by atoms with Crippen LogP contribution in [0.25, 0.3) is 10.9 Å². The first-order valence-electron chi connectivity index (χ1n) is 15.3. The van der Waals surface area contributed by atoms with Gasteiger partial charge in [0.1, 0.15) is 18.5 Å². The lowest BCUT2D eigenvalue weighted by Gasteiger charge is -2.31. The van der Waals surface area contributed by atoms with Gasteiger partial charge >= 0.3 is 0 Å². The third-order valence-corrected chi connectivity index (χ3v) is 9.27. The number of hydrogen-bond donors (Lipinski definition) is 6. The van der Waals surface area contributed by atoms with Gasteiger partial charge in [0.2, 0.25) is 11.8 Å². The molecule has 246 valence electrons. The second-order valence-corrected chi connectivity index (χ2v) is 12.2. The number of methoxy groups -OCH3 is 1. The molecule has 0 radical (unpaired) electrons. The molecule has 0 aliphatic carbocycles. The number of nitrogen functional groups attached to an aromatic ring is 1. The van der Waals surface area contributed by atoms with Crippen LogP contribution in [0.2, 0.25) is 0 Å². The summed E-state index contributed by atoms with van der Waals surface area (Å²) >= 11 is 1.52. The number of H-pyrrole nitrogens is 1. The van der Waals surface area contributed by atoms with Crippen molar-refractivity contribution >= 4 is 40.2 Å². The Labute approximate surface area is 274 Å². The minimum absolute atomic E-state index is 0.00645. The van der Waals surface area contributed by atoms with Gasteiger partial charge in [-0.25, -0.2) is 5.90 Å². The monoisotopic (exact) mass is 647 g/mol. The van der Waals surface area contributed by atoms with E-state index < -0.39 is 12.1 Å². The molecule has 11 nitrogen and oxygen atoms in total. The number of likely N-dealkylation sites (N-methyl/N-ethyl adjacent to an activating group) is 1. The second kappa shape index (κ2) is 17.0. The number of nitrogens with zero attached hydrogens (tertiary/aromatic N) is 1. The summed E-state index contributed by atoms with van der Waals surface area (Å²) in [5, 5.41) is 7.19. The van der Waals surface area contributed by atoms with E-state index in [1.807, 2.05) is 73.7 Å². The predicted molar refractivity (Wildman–Crippen MR) is 183 cm³/mol. The van der Waals surface area contributed by atoms with Crippen molar-refractivity contribution in [3.63, 3.8) is 0 Å². The molecule has 1 aromatic heterocycles. The lowest BCUT2D eigenvalue weighted by molar-refractivity contribution is -0.141. The first-order chi connectivity index (χ1) is 22.3. The quantitative estimate of drug-likeness (QED) is 0.0431. The molecule has 0 saturated heterocycles. The molecule has 0 aliphatic rings. The van der Waals surface area contributed by atoms with Crippen LogP contribution in [0.15, 0.2) is 76.5 Å². The molecule has 0 saturated carbocycles. The largest absolute Gasteiger partial charge is 0.497 e. The number of para-hydroxylation sites is 2. The molecule has 4 rings (SSSR count). The Balaban J connectivity index is 1.63. The molecule has 0 unspecified atom stereocenters. The molecule has 1 heterocycles. The van der Waals surface area contributed by atoms with Crippen LogP contribution in [0.4, 0.5) is 5.69 Å². The smallest absolute Gasteiger partial charge is 0.243 e. The third kappa shape index (κ3) is 8.80. The fourth-order valence-electron chi connectivity index (χ4n) is 5.46. The number of nitrogens with one attached hydrogen (secondary N) is 3. The molecule has 0 fully saturated rings. The summed E-state index contributed by atoms with van der Waals surface area (Å²) in [5.41, 5.74) is 16.4. The molecule has 2 atom stereocenters. The average molecular weight is 648 g/mol. The number of unbranched alkanes of at least 4 members (excludes halogenated alkanes) is 1. The first-order valence-corrected chi connectivity index (χ1v) is 16.1. The Kier molecular flexibility index (Phi) is 12.9. The Morgan fingerprint density at radius 1 is 1.04 bits per heavy atom. The SMILES string of the molecule is COc1ccc(Sc2ccccc2N)c(CNC(=O)[C@H](Cc2c(C)[nH]c3ccccc23)N(C)C(=O)[C@H](CCCCN)NCON)c1. The maximum atomic E-state index is 14.2. The van der Waals surface area contributed by atoms with E-state index in [2.05, 4.69) is 15.6 Å². The van der Waals surface area contributed by atoms with Gasteiger partial charge in [-0.05, 0) is 73.8 Å². The zero-order valence-electron chi connectivity index (χ0n) is 26.7. The van der Waals surface area contributed by atoms with E-state index in [9.17, 15) is 9.59 Å². The Bertz CT molecular complexity index is 1610. The van der Waals surface area contributed by atoms with Crippen molar-refractivity contribution < 1.29 is 19.2 Å². The summed E-state index contributed by atoms with van der Waals surface area (Å²) in [4.78, 5) is 39.6. The summed E-state index contributed by atoms with van der Waals surface area (Å²) in [7, 11) is 3.27. The summed E-state index contributed by atoms with van der Waals surface area (Å²) in [6, 6.07) is 19.9. The van der Waals surface area contributed by atoms with Crippen molar-refractivity contribution in [3.05, 3.63) is 83.6 Å². The van der Waals surface area contributed by atoms with Gasteiger partial charge < -0.3 is 31.4 Å². The van der Waals surface area contributed by atoms with Crippen LogP contribution in [0.1, 0.15) is 36.1 Å². The van der Waals surface area contributed by atoms with Crippen LogP contribution in [-0.2, 0) is 27.4 Å². The summed E-state index contributed by atoms with van der Waals surface area (Å²) < 4.78 is 5.49. The fraction of sp³-hybridized carbons (Fsp3) is 0.353. The molecular formula is C34H45N7O4S. The summed E-state index contributed by atoms with van der Waals surface area (Å²) in [6.07, 6.45) is 2.34. The molecule has 4 aromatic rings. The topological polar surface area (TPSA) is 174 Å². The number of fused-ring (bicyclic) bond motifs is 1. The number of aromatic nitrogens is 1. The molecule has 0 spiro atoms. The van der Waals surface area contributed by atoms with Gasteiger partial charge in [0.15, 0.2) is 0 Å². The van der Waals surface area contributed by atoms with Gasteiger partial charge in [-0.2, -0.15) is 0 Å². The van der Waals surface area contributed by atoms with Crippen molar-refractivity contribution in [1.29, 1.82) is 0 Å². The average Bonchev–Trinajstić information content (AvgIpc) is 3.39. The zero-order chi connectivity index (χ0) is 33.1. The lowest BCUT2D eigenvalue weighted by atomic mass is 9.99. The number of carbonyl (C=O) groups is 2. The number of ether oxygens (including phenoxy) is 1. The fourth-order valence-corrected chi connectivity index (χ4v) is 6.43. The normalized spacial score (nSPS) is 12.5. The third-order valence-electron chi connectivity index (χ3n) is 8.06. The number of nitrogens with two attached hydrogens (primary N) is 3. The van der Waals surface area contributed by atoms with E-state index in [-0.39, 0.29) is 25.1 Å². The molecular weight excluding hydrogens is 602 g/mol. The Hall–Kier alpha value is -4.07. The maximum Gasteiger partial charge on any atom is 0.243 e. The van der Waals surface area contributed by atoms with Crippen LogP contribution in [0.5, 0.6) is 5.75 Å². The highest BCUT2D eigenvalue weighted by atomic mass is 32.2. The van der Waals surface area contributed by atoms with Crippen molar-refractivity contribution in [1.82, 2.24) is 20.5 Å².